The van der Waals surface area contributed by atoms with Crippen LogP contribution >= 0.6 is 0 Å². The number of nitrogens with one attached hydrogen (secondary N) is 1. The van der Waals surface area contributed by atoms with Crippen molar-refractivity contribution in [2.24, 2.45) is 0 Å². The van der Waals surface area contributed by atoms with E-state index in [9.17, 15) is 0 Å². The molecule has 0 radical (unpaired) electrons. The van der Waals surface area contributed by atoms with Crippen molar-refractivity contribution < 1.29 is 4.48 Å². The lowest BCUT2D eigenvalue weighted by molar-refractivity contribution is -0.870. The van der Waals surface area contributed by atoms with Crippen molar-refractivity contribution in [2.45, 2.75) is 39.0 Å². The summed E-state index contributed by atoms with van der Waals surface area (Å²) in [6.07, 6.45) is 2.36. The zero-order valence-electron chi connectivity index (χ0n) is 13.6. The number of nitrogens with zero attached hydrogens (tertiary/aromatic N) is 1. The van der Waals surface area contributed by atoms with Crippen LogP contribution in [0.4, 0.5) is 5.69 Å². The van der Waals surface area contributed by atoms with Crippen LogP contribution in [0.1, 0.15) is 39.2 Å². The Labute approximate surface area is 119 Å². The van der Waals surface area contributed by atoms with Crippen LogP contribution in [-0.4, -0.2) is 38.7 Å². The molecule has 0 atom stereocenters. The number of hydrogen-bond donors (Lipinski definition) is 1. The smallest absolute Gasteiger partial charge is 0.0797 e. The normalized spacial score (nSPS) is 12.5. The lowest BCUT2D eigenvalue weighted by Gasteiger charge is -2.27. The van der Waals surface area contributed by atoms with Crippen molar-refractivity contribution in [1.82, 2.24) is 0 Å². The fourth-order valence-electron chi connectivity index (χ4n) is 2.19. The largest absolute Gasteiger partial charge is 0.385 e. The van der Waals surface area contributed by atoms with Gasteiger partial charge in [-0.2, -0.15) is 0 Å². The number of rotatable bonds is 7. The molecule has 0 saturated carbocycles. The molecular formula is C17H31N2+. The van der Waals surface area contributed by atoms with Crippen molar-refractivity contribution in [3.63, 3.8) is 0 Å². The average Bonchev–Trinajstić information content (AvgIpc) is 2.34. The molecule has 0 saturated heterocycles. The number of benzene rings is 1. The van der Waals surface area contributed by atoms with E-state index in [1.807, 2.05) is 0 Å². The molecular weight excluding hydrogens is 232 g/mol. The van der Waals surface area contributed by atoms with Crippen LogP contribution in [0.3, 0.4) is 0 Å². The molecule has 0 heterocycles. The summed E-state index contributed by atoms with van der Waals surface area (Å²) in [7, 11) is 6.73. The summed E-state index contributed by atoms with van der Waals surface area (Å²) >= 11 is 0. The Kier molecular flexibility index (Phi) is 5.42. The second-order valence-electron chi connectivity index (χ2n) is 7.08. The van der Waals surface area contributed by atoms with Gasteiger partial charge in [0.2, 0.25) is 0 Å². The number of para-hydroxylation sites is 1. The Hall–Kier alpha value is -1.02. The molecule has 0 fully saturated rings. The van der Waals surface area contributed by atoms with E-state index in [1.54, 1.807) is 0 Å². The minimum atomic E-state index is 0.240. The van der Waals surface area contributed by atoms with Crippen LogP contribution in [0.25, 0.3) is 0 Å². The Morgan fingerprint density at radius 2 is 1.74 bits per heavy atom. The van der Waals surface area contributed by atoms with Crippen LogP contribution in [0.5, 0.6) is 0 Å². The van der Waals surface area contributed by atoms with Crippen molar-refractivity contribution in [2.75, 3.05) is 39.5 Å². The third-order valence-corrected chi connectivity index (χ3v) is 3.86. The maximum Gasteiger partial charge on any atom is 0.0797 e. The standard InChI is InChI=1S/C17H31N2/c1-7-17(2,3)15-11-8-9-12-16(15)18-13-10-14-19(4,5)6/h8-9,11-12,18H,7,10,13-14H2,1-6H3/q+1. The van der Waals surface area contributed by atoms with Crippen molar-refractivity contribution in [1.29, 1.82) is 0 Å². The molecule has 2 nitrogen and oxygen atoms in total. The zero-order valence-corrected chi connectivity index (χ0v) is 13.6. The highest BCUT2D eigenvalue weighted by Gasteiger charge is 2.20. The van der Waals surface area contributed by atoms with Gasteiger partial charge in [-0.25, -0.2) is 0 Å². The van der Waals surface area contributed by atoms with Gasteiger partial charge < -0.3 is 9.80 Å². The third kappa shape index (κ3) is 5.23. The highest BCUT2D eigenvalue weighted by Crippen LogP contribution is 2.32. The van der Waals surface area contributed by atoms with Crippen molar-refractivity contribution in [3.8, 4) is 0 Å². The van der Waals surface area contributed by atoms with E-state index in [1.165, 1.54) is 24.2 Å². The van der Waals surface area contributed by atoms with Crippen molar-refractivity contribution in [3.05, 3.63) is 29.8 Å². The average molecular weight is 263 g/mol. The quantitative estimate of drug-likeness (QED) is 0.581. The first-order valence-electron chi connectivity index (χ1n) is 7.40. The second-order valence-corrected chi connectivity index (χ2v) is 7.08. The predicted molar refractivity (Wildman–Crippen MR) is 85.8 cm³/mol. The second kappa shape index (κ2) is 6.42. The Balaban J connectivity index is 2.64. The molecule has 0 aromatic heterocycles. The van der Waals surface area contributed by atoms with Gasteiger partial charge in [-0.1, -0.05) is 39.0 Å². The van der Waals surface area contributed by atoms with Gasteiger partial charge in [-0.15, -0.1) is 0 Å². The van der Waals surface area contributed by atoms with E-state index in [4.69, 9.17) is 0 Å². The third-order valence-electron chi connectivity index (χ3n) is 3.86. The molecule has 1 aromatic carbocycles. The molecule has 1 N–H and O–H groups in total. The van der Waals surface area contributed by atoms with Crippen LogP contribution in [0.2, 0.25) is 0 Å². The highest BCUT2D eigenvalue weighted by atomic mass is 15.3. The summed E-state index contributed by atoms with van der Waals surface area (Å²) in [5.41, 5.74) is 2.97. The van der Waals surface area contributed by atoms with Gasteiger partial charge in [-0.3, -0.25) is 0 Å². The highest BCUT2D eigenvalue weighted by molar-refractivity contribution is 5.54. The minimum Gasteiger partial charge on any atom is -0.385 e. The zero-order chi connectivity index (χ0) is 14.5. The molecule has 0 unspecified atom stereocenters. The molecule has 19 heavy (non-hydrogen) atoms. The van der Waals surface area contributed by atoms with Crippen LogP contribution in [0.15, 0.2) is 24.3 Å². The number of anilines is 1. The first-order chi connectivity index (χ1) is 8.76. The molecule has 0 amide bonds. The summed E-state index contributed by atoms with van der Waals surface area (Å²) in [5.74, 6) is 0. The van der Waals surface area contributed by atoms with Gasteiger partial charge in [0, 0.05) is 18.7 Å². The van der Waals surface area contributed by atoms with Gasteiger partial charge in [0.05, 0.1) is 27.7 Å². The van der Waals surface area contributed by atoms with Gasteiger partial charge in [-0.05, 0) is 23.5 Å². The Morgan fingerprint density at radius 3 is 2.32 bits per heavy atom. The summed E-state index contributed by atoms with van der Waals surface area (Å²) in [4.78, 5) is 0. The number of quaternary nitrogens is 1. The summed E-state index contributed by atoms with van der Waals surface area (Å²) < 4.78 is 1.03. The number of hydrogen-bond acceptors (Lipinski definition) is 1. The Morgan fingerprint density at radius 1 is 1.11 bits per heavy atom. The maximum atomic E-state index is 3.62. The SMILES string of the molecule is CCC(C)(C)c1ccccc1NCCC[N+](C)(C)C. The maximum absolute atomic E-state index is 3.62. The molecule has 0 aliphatic heterocycles. The van der Waals surface area contributed by atoms with E-state index in [0.29, 0.717) is 0 Å². The fraction of sp³-hybridized carbons (Fsp3) is 0.647. The monoisotopic (exact) mass is 263 g/mol. The molecule has 0 spiro atoms. The summed E-state index contributed by atoms with van der Waals surface area (Å²) in [6.45, 7) is 9.14. The summed E-state index contributed by atoms with van der Waals surface area (Å²) in [5, 5.41) is 3.62. The first-order valence-corrected chi connectivity index (χ1v) is 7.40. The van der Waals surface area contributed by atoms with E-state index >= 15 is 0 Å². The minimum absolute atomic E-state index is 0.240. The van der Waals surface area contributed by atoms with Gasteiger partial charge >= 0.3 is 0 Å². The van der Waals surface area contributed by atoms with Gasteiger partial charge in [0.15, 0.2) is 0 Å². The van der Waals surface area contributed by atoms with E-state index in [2.05, 4.69) is 71.5 Å². The van der Waals surface area contributed by atoms with E-state index in [0.717, 1.165) is 17.4 Å². The van der Waals surface area contributed by atoms with E-state index in [-0.39, 0.29) is 5.41 Å². The van der Waals surface area contributed by atoms with Crippen molar-refractivity contribution >= 4 is 5.69 Å². The van der Waals surface area contributed by atoms with Gasteiger partial charge in [0.25, 0.3) is 0 Å². The lowest BCUT2D eigenvalue weighted by Crippen LogP contribution is -2.36. The first kappa shape index (κ1) is 16.0. The van der Waals surface area contributed by atoms with Crippen LogP contribution < -0.4 is 5.32 Å². The topological polar surface area (TPSA) is 12.0 Å². The molecule has 1 rings (SSSR count). The molecule has 0 aliphatic carbocycles. The molecule has 0 aliphatic rings. The van der Waals surface area contributed by atoms with Crippen LogP contribution in [-0.2, 0) is 5.41 Å². The fourth-order valence-corrected chi connectivity index (χ4v) is 2.19. The lowest BCUT2D eigenvalue weighted by atomic mass is 9.81. The molecule has 2 heteroatoms. The summed E-state index contributed by atoms with van der Waals surface area (Å²) in [6, 6.07) is 8.73. The molecule has 1 aromatic rings. The van der Waals surface area contributed by atoms with E-state index < -0.39 is 0 Å². The van der Waals surface area contributed by atoms with Crippen LogP contribution in [0, 0.1) is 0 Å². The molecule has 108 valence electrons. The predicted octanol–water partition coefficient (Wildman–Crippen LogP) is 3.88. The Bertz CT molecular complexity index is 388. The van der Waals surface area contributed by atoms with Gasteiger partial charge in [0.1, 0.15) is 0 Å². The molecule has 0 bridgehead atoms.